The van der Waals surface area contributed by atoms with Gasteiger partial charge in [0.15, 0.2) is 5.96 Å². The molecule has 1 saturated heterocycles. The molecule has 0 saturated carbocycles. The molecule has 3 heterocycles. The second kappa shape index (κ2) is 11.2. The highest BCUT2D eigenvalue weighted by atomic mass is 127. The first-order valence-corrected chi connectivity index (χ1v) is 11.8. The predicted molar refractivity (Wildman–Crippen MR) is 124 cm³/mol. The number of guanidine groups is 1. The van der Waals surface area contributed by atoms with Crippen LogP contribution in [0.5, 0.6) is 0 Å². The Kier molecular flexibility index (Phi) is 9.30. The monoisotopic (exact) mass is 554 g/mol. The number of rotatable bonds is 7. The van der Waals surface area contributed by atoms with Crippen LogP contribution in [0, 0.1) is 6.92 Å². The third-order valence-corrected chi connectivity index (χ3v) is 7.02. The van der Waals surface area contributed by atoms with Crippen LogP contribution in [0.15, 0.2) is 27.2 Å². The molecule has 29 heavy (non-hydrogen) atoms. The van der Waals surface area contributed by atoms with Gasteiger partial charge in [-0.2, -0.15) is 4.31 Å². The van der Waals surface area contributed by atoms with Crippen LogP contribution in [0.1, 0.15) is 23.3 Å². The molecular formula is C17H27IN6O3S2. The standard InChI is InChI=1S/C17H26N6O3S2.HI/c1-3-18-17(19-6-4-15-12-27-14(2)20-15)22-7-9-23(10-8-22)28(24,25)13-16-5-11-26-21-16;/h5,11-12H,3-4,6-10,13H2,1-2H3,(H,18,19);1H. The lowest BCUT2D eigenvalue weighted by molar-refractivity contribution is 0.260. The van der Waals surface area contributed by atoms with Crippen LogP contribution in [-0.2, 0) is 22.2 Å². The van der Waals surface area contributed by atoms with Gasteiger partial charge in [-0.1, -0.05) is 5.16 Å². The Hall–Kier alpha value is -1.25. The van der Waals surface area contributed by atoms with E-state index < -0.39 is 10.0 Å². The molecule has 162 valence electrons. The van der Waals surface area contributed by atoms with Gasteiger partial charge in [0.1, 0.15) is 12.0 Å². The van der Waals surface area contributed by atoms with Crippen LogP contribution in [0.3, 0.4) is 0 Å². The van der Waals surface area contributed by atoms with Gasteiger partial charge in [-0.15, -0.1) is 35.3 Å². The smallest absolute Gasteiger partial charge is 0.220 e. The molecule has 1 aliphatic rings. The fraction of sp³-hybridized carbons (Fsp3) is 0.588. The molecule has 0 unspecified atom stereocenters. The summed E-state index contributed by atoms with van der Waals surface area (Å²) < 4.78 is 31.4. The van der Waals surface area contributed by atoms with Crippen molar-refractivity contribution in [3.63, 3.8) is 0 Å². The van der Waals surface area contributed by atoms with Crippen molar-refractivity contribution in [3.8, 4) is 0 Å². The summed E-state index contributed by atoms with van der Waals surface area (Å²) in [6.07, 6.45) is 2.18. The molecule has 0 atom stereocenters. The molecule has 1 N–H and O–H groups in total. The van der Waals surface area contributed by atoms with E-state index >= 15 is 0 Å². The van der Waals surface area contributed by atoms with E-state index in [4.69, 9.17) is 9.52 Å². The number of hydrogen-bond acceptors (Lipinski definition) is 7. The molecular weight excluding hydrogens is 527 g/mol. The second-order valence-corrected chi connectivity index (χ2v) is 9.51. The maximum absolute atomic E-state index is 12.6. The molecule has 0 spiro atoms. The Bertz CT molecular complexity index is 877. The summed E-state index contributed by atoms with van der Waals surface area (Å²) in [5.41, 5.74) is 1.49. The van der Waals surface area contributed by atoms with E-state index in [1.807, 2.05) is 13.8 Å². The first-order valence-electron chi connectivity index (χ1n) is 9.29. The minimum atomic E-state index is -3.40. The van der Waals surface area contributed by atoms with E-state index in [1.54, 1.807) is 17.4 Å². The third-order valence-electron chi connectivity index (χ3n) is 4.38. The molecule has 1 aliphatic heterocycles. The van der Waals surface area contributed by atoms with Crippen LogP contribution in [0.4, 0.5) is 0 Å². The summed E-state index contributed by atoms with van der Waals surface area (Å²) >= 11 is 1.65. The molecule has 2 aromatic rings. The zero-order chi connectivity index (χ0) is 20.0. The van der Waals surface area contributed by atoms with E-state index in [-0.39, 0.29) is 29.7 Å². The van der Waals surface area contributed by atoms with E-state index in [0.717, 1.165) is 29.6 Å². The highest BCUT2D eigenvalue weighted by molar-refractivity contribution is 14.0. The zero-order valence-corrected chi connectivity index (χ0v) is 20.5. The summed E-state index contributed by atoms with van der Waals surface area (Å²) in [7, 11) is -3.40. The quantitative estimate of drug-likeness (QED) is 0.316. The van der Waals surface area contributed by atoms with E-state index in [0.29, 0.717) is 38.4 Å². The SMILES string of the molecule is CCNC(=NCCc1csc(C)n1)N1CCN(S(=O)(=O)Cc2ccon2)CC1.I. The van der Waals surface area contributed by atoms with Crippen LogP contribution in [0.25, 0.3) is 0 Å². The summed E-state index contributed by atoms with van der Waals surface area (Å²) in [6.45, 7) is 7.48. The Balaban J connectivity index is 0.00000300. The average molecular weight is 554 g/mol. The lowest BCUT2D eigenvalue weighted by Crippen LogP contribution is -2.54. The average Bonchev–Trinajstić information content (AvgIpc) is 3.32. The van der Waals surface area contributed by atoms with E-state index in [9.17, 15) is 8.42 Å². The number of nitrogens with zero attached hydrogens (tertiary/aromatic N) is 5. The lowest BCUT2D eigenvalue weighted by Gasteiger charge is -2.35. The maximum Gasteiger partial charge on any atom is 0.220 e. The molecule has 9 nitrogen and oxygen atoms in total. The summed E-state index contributed by atoms with van der Waals surface area (Å²) in [6, 6.07) is 1.58. The van der Waals surface area contributed by atoms with Crippen molar-refractivity contribution in [2.75, 3.05) is 39.3 Å². The van der Waals surface area contributed by atoms with Gasteiger partial charge in [-0.05, 0) is 13.8 Å². The van der Waals surface area contributed by atoms with Gasteiger partial charge in [0.2, 0.25) is 10.0 Å². The van der Waals surface area contributed by atoms with Crippen molar-refractivity contribution in [2.24, 2.45) is 4.99 Å². The van der Waals surface area contributed by atoms with Crippen LogP contribution in [0.2, 0.25) is 0 Å². The summed E-state index contributed by atoms with van der Waals surface area (Å²) in [5, 5.41) is 10.1. The Morgan fingerprint density at radius 3 is 2.66 bits per heavy atom. The van der Waals surface area contributed by atoms with Crippen LogP contribution in [-0.4, -0.2) is 73.0 Å². The van der Waals surface area contributed by atoms with Gasteiger partial charge in [-0.25, -0.2) is 13.4 Å². The number of hydrogen-bond donors (Lipinski definition) is 1. The van der Waals surface area contributed by atoms with Gasteiger partial charge in [-0.3, -0.25) is 4.99 Å². The molecule has 3 rings (SSSR count). The van der Waals surface area contributed by atoms with Gasteiger partial charge in [0.05, 0.1) is 16.4 Å². The number of aromatic nitrogens is 2. The molecule has 12 heteroatoms. The minimum Gasteiger partial charge on any atom is -0.364 e. The predicted octanol–water partition coefficient (Wildman–Crippen LogP) is 1.71. The Morgan fingerprint density at radius 1 is 1.31 bits per heavy atom. The number of thiazole rings is 1. The molecule has 1 fully saturated rings. The first kappa shape index (κ1) is 24.0. The van der Waals surface area contributed by atoms with Gasteiger partial charge >= 0.3 is 0 Å². The van der Waals surface area contributed by atoms with Gasteiger partial charge in [0, 0.05) is 57.1 Å². The number of sulfonamides is 1. The molecule has 0 bridgehead atoms. The number of nitrogens with one attached hydrogen (secondary N) is 1. The van der Waals surface area contributed by atoms with Crippen molar-refractivity contribution >= 4 is 51.3 Å². The van der Waals surface area contributed by atoms with Crippen molar-refractivity contribution in [2.45, 2.75) is 26.0 Å². The topological polar surface area (TPSA) is 104 Å². The maximum atomic E-state index is 12.6. The van der Waals surface area contributed by atoms with Crippen LogP contribution >= 0.6 is 35.3 Å². The zero-order valence-electron chi connectivity index (χ0n) is 16.6. The fourth-order valence-corrected chi connectivity index (χ4v) is 5.07. The minimum absolute atomic E-state index is 0. The second-order valence-electron chi connectivity index (χ2n) is 6.48. The summed E-state index contributed by atoms with van der Waals surface area (Å²) in [4.78, 5) is 11.3. The molecule has 0 amide bonds. The number of piperazine rings is 1. The van der Waals surface area contributed by atoms with Gasteiger partial charge in [0.25, 0.3) is 0 Å². The first-order chi connectivity index (χ1) is 13.5. The normalized spacial score (nSPS) is 15.9. The Morgan fingerprint density at radius 2 is 2.07 bits per heavy atom. The highest BCUT2D eigenvalue weighted by Crippen LogP contribution is 2.13. The van der Waals surface area contributed by atoms with Crippen molar-refractivity contribution in [1.82, 2.24) is 24.7 Å². The van der Waals surface area contributed by atoms with E-state index in [1.165, 1.54) is 10.6 Å². The Labute approximate surface area is 192 Å². The third kappa shape index (κ3) is 6.89. The van der Waals surface area contributed by atoms with Crippen molar-refractivity contribution in [1.29, 1.82) is 0 Å². The van der Waals surface area contributed by atoms with Crippen molar-refractivity contribution in [3.05, 3.63) is 34.1 Å². The molecule has 2 aromatic heterocycles. The highest BCUT2D eigenvalue weighted by Gasteiger charge is 2.28. The lowest BCUT2D eigenvalue weighted by atomic mass is 10.3. The number of halogens is 1. The molecule has 0 radical (unpaired) electrons. The van der Waals surface area contributed by atoms with Crippen LogP contribution < -0.4 is 5.32 Å². The van der Waals surface area contributed by atoms with Gasteiger partial charge < -0.3 is 14.7 Å². The number of aryl methyl sites for hydroxylation is 1. The van der Waals surface area contributed by atoms with E-state index in [2.05, 4.69) is 25.7 Å². The van der Waals surface area contributed by atoms with Crippen molar-refractivity contribution < 1.29 is 12.9 Å². The fourth-order valence-electron chi connectivity index (χ4n) is 2.99. The number of aliphatic imine (C=N–C) groups is 1. The largest absolute Gasteiger partial charge is 0.364 e. The summed E-state index contributed by atoms with van der Waals surface area (Å²) in [5.74, 6) is 0.688. The molecule has 0 aliphatic carbocycles. The molecule has 0 aromatic carbocycles.